The maximum atomic E-state index is 13.5. The molecule has 1 amide bonds. The highest BCUT2D eigenvalue weighted by Gasteiger charge is 2.40. The van der Waals surface area contributed by atoms with Crippen molar-refractivity contribution in [3.05, 3.63) is 78.1 Å². The monoisotopic (exact) mass is 521 g/mol. The molecule has 1 aliphatic carbocycles. The Hall–Kier alpha value is -3.71. The first kappa shape index (κ1) is 24.3. The van der Waals surface area contributed by atoms with Crippen LogP contribution in [-0.2, 0) is 0 Å². The number of fused-ring (bicyclic) bond motifs is 3. The number of aliphatic hydroxyl groups is 1. The topological polar surface area (TPSA) is 94.1 Å². The first-order chi connectivity index (χ1) is 19.1. The Kier molecular flexibility index (Phi) is 6.31. The molecule has 7 heteroatoms. The second kappa shape index (κ2) is 10.1. The number of hydrogen-bond donors (Lipinski definition) is 3. The van der Waals surface area contributed by atoms with Crippen molar-refractivity contribution < 1.29 is 9.90 Å². The molecule has 3 N–H and O–H groups in total. The van der Waals surface area contributed by atoms with E-state index in [1.165, 1.54) is 18.5 Å². The zero-order valence-electron chi connectivity index (χ0n) is 22.1. The third kappa shape index (κ3) is 4.59. The van der Waals surface area contributed by atoms with Crippen molar-refractivity contribution in [2.75, 3.05) is 4.90 Å². The lowest BCUT2D eigenvalue weighted by Crippen LogP contribution is -2.44. The van der Waals surface area contributed by atoms with E-state index in [1.807, 2.05) is 36.4 Å². The van der Waals surface area contributed by atoms with E-state index >= 15 is 0 Å². The summed E-state index contributed by atoms with van der Waals surface area (Å²) < 4.78 is 0. The molecule has 1 saturated carbocycles. The number of rotatable bonds is 6. The number of H-pyrrole nitrogens is 1. The molecule has 7 nitrogen and oxygen atoms in total. The van der Waals surface area contributed by atoms with Gasteiger partial charge in [-0.3, -0.25) is 14.9 Å². The number of aliphatic hydroxyl groups excluding tert-OH is 1. The highest BCUT2D eigenvalue weighted by molar-refractivity contribution is 6.01. The van der Waals surface area contributed by atoms with Gasteiger partial charge in [0.05, 0.1) is 29.1 Å². The summed E-state index contributed by atoms with van der Waals surface area (Å²) in [6.07, 6.45) is 10.3. The van der Waals surface area contributed by atoms with Crippen molar-refractivity contribution in [2.24, 2.45) is 5.92 Å². The van der Waals surface area contributed by atoms with E-state index in [-0.39, 0.29) is 18.1 Å². The normalized spacial score (nSPS) is 23.8. The number of anilines is 1. The van der Waals surface area contributed by atoms with Crippen LogP contribution in [0.15, 0.2) is 66.9 Å². The van der Waals surface area contributed by atoms with Crippen LogP contribution in [0.5, 0.6) is 0 Å². The van der Waals surface area contributed by atoms with Gasteiger partial charge in [0.15, 0.2) is 0 Å². The lowest BCUT2D eigenvalue weighted by molar-refractivity contribution is 0.0920. The van der Waals surface area contributed by atoms with Crippen LogP contribution >= 0.6 is 0 Å². The van der Waals surface area contributed by atoms with Crippen molar-refractivity contribution in [3.63, 3.8) is 0 Å². The molecule has 0 spiro atoms. The second-order valence-electron chi connectivity index (χ2n) is 11.5. The van der Waals surface area contributed by atoms with E-state index in [1.54, 1.807) is 6.20 Å². The number of carbonyl (C=O) groups excluding carboxylic acids is 1. The summed E-state index contributed by atoms with van der Waals surface area (Å²) in [5.41, 5.74) is 5.55. The summed E-state index contributed by atoms with van der Waals surface area (Å²) in [5.74, 6) is 0.332. The minimum absolute atomic E-state index is 0.0790. The minimum atomic E-state index is -0.169. The third-order valence-corrected chi connectivity index (χ3v) is 9.14. The van der Waals surface area contributed by atoms with Crippen LogP contribution in [0.25, 0.3) is 22.2 Å². The van der Waals surface area contributed by atoms with Crippen LogP contribution in [0.2, 0.25) is 0 Å². The molecule has 2 saturated heterocycles. The number of piperidine rings is 1. The molecule has 7 rings (SSSR count). The van der Waals surface area contributed by atoms with Crippen LogP contribution in [0.1, 0.15) is 73.5 Å². The van der Waals surface area contributed by atoms with Crippen LogP contribution in [0.4, 0.5) is 5.69 Å². The third-order valence-electron chi connectivity index (χ3n) is 9.14. The maximum Gasteiger partial charge on any atom is 0.251 e. The molecule has 2 bridgehead atoms. The molecule has 0 radical (unpaired) electrons. The molecular formula is C32H35N5O2. The Morgan fingerprint density at radius 3 is 2.46 bits per heavy atom. The highest BCUT2D eigenvalue weighted by Crippen LogP contribution is 2.40. The standard InChI is InChI=1S/C32H35N5O2/c38-26-18-24-13-14-25(19-26)37(24)23-11-8-21(9-12-23)30-27-17-22(10-15-28(27)35-36-30)32(39)34-31(20-5-1-2-6-20)29-7-3-4-16-33-29/h3-4,7-12,15-17,20,24-26,31,38H,1-2,5-6,13-14,18-19H2,(H,34,39)(H,35,36)/t24-,25+,26?,31?. The zero-order chi connectivity index (χ0) is 26.3. The van der Waals surface area contributed by atoms with Gasteiger partial charge < -0.3 is 15.3 Å². The Balaban J connectivity index is 1.14. The van der Waals surface area contributed by atoms with Crippen molar-refractivity contribution in [1.29, 1.82) is 0 Å². The zero-order valence-corrected chi connectivity index (χ0v) is 22.1. The van der Waals surface area contributed by atoms with Crippen molar-refractivity contribution >= 4 is 22.5 Å². The molecule has 2 aromatic heterocycles. The number of aromatic amines is 1. The highest BCUT2D eigenvalue weighted by atomic mass is 16.3. The first-order valence-electron chi connectivity index (χ1n) is 14.4. The van der Waals surface area contributed by atoms with Crippen LogP contribution in [0.3, 0.4) is 0 Å². The van der Waals surface area contributed by atoms with Gasteiger partial charge in [-0.2, -0.15) is 5.10 Å². The number of amides is 1. The smallest absolute Gasteiger partial charge is 0.251 e. The van der Waals surface area contributed by atoms with E-state index < -0.39 is 0 Å². The largest absolute Gasteiger partial charge is 0.393 e. The summed E-state index contributed by atoms with van der Waals surface area (Å²) in [6, 6.07) is 21.1. The number of nitrogens with zero attached hydrogens (tertiary/aromatic N) is 3. The molecular weight excluding hydrogens is 486 g/mol. The molecule has 2 aliphatic heterocycles. The van der Waals surface area contributed by atoms with E-state index in [2.05, 4.69) is 49.7 Å². The lowest BCUT2D eigenvalue weighted by Gasteiger charge is -2.39. The predicted molar refractivity (Wildman–Crippen MR) is 152 cm³/mol. The quantitative estimate of drug-likeness (QED) is 0.299. The fourth-order valence-corrected chi connectivity index (χ4v) is 7.25. The van der Waals surface area contributed by atoms with Gasteiger partial charge in [-0.25, -0.2) is 0 Å². The average Bonchev–Trinajstić information content (AvgIpc) is 3.70. The number of carbonyl (C=O) groups is 1. The van der Waals surface area contributed by atoms with Crippen LogP contribution < -0.4 is 10.2 Å². The van der Waals surface area contributed by atoms with Gasteiger partial charge in [-0.05, 0) is 86.9 Å². The minimum Gasteiger partial charge on any atom is -0.393 e. The predicted octanol–water partition coefficient (Wildman–Crippen LogP) is 5.78. The summed E-state index contributed by atoms with van der Waals surface area (Å²) >= 11 is 0. The molecule has 200 valence electrons. The van der Waals surface area contributed by atoms with Gasteiger partial charge in [0.1, 0.15) is 0 Å². The Labute approximate surface area is 228 Å². The Bertz CT molecular complexity index is 1450. The molecule has 3 aliphatic rings. The second-order valence-corrected chi connectivity index (χ2v) is 11.5. The van der Waals surface area contributed by atoms with E-state index in [0.29, 0.717) is 23.6 Å². The molecule has 2 aromatic carbocycles. The number of nitrogens with one attached hydrogen (secondary N) is 2. The Morgan fingerprint density at radius 1 is 0.974 bits per heavy atom. The summed E-state index contributed by atoms with van der Waals surface area (Å²) in [4.78, 5) is 20.6. The number of benzene rings is 2. The lowest BCUT2D eigenvalue weighted by atomic mass is 9.94. The molecule has 3 fully saturated rings. The van der Waals surface area contributed by atoms with Gasteiger partial charge in [-0.1, -0.05) is 31.0 Å². The fraction of sp³-hybridized carbons (Fsp3) is 0.406. The van der Waals surface area contributed by atoms with Gasteiger partial charge in [0.2, 0.25) is 0 Å². The van der Waals surface area contributed by atoms with E-state index in [4.69, 9.17) is 0 Å². The van der Waals surface area contributed by atoms with Gasteiger partial charge in [0.25, 0.3) is 5.91 Å². The van der Waals surface area contributed by atoms with Crippen molar-refractivity contribution in [3.8, 4) is 11.3 Å². The number of hydrogen-bond acceptors (Lipinski definition) is 5. The van der Waals surface area contributed by atoms with Gasteiger partial charge in [0, 0.05) is 40.5 Å². The van der Waals surface area contributed by atoms with Crippen LogP contribution in [-0.4, -0.2) is 44.4 Å². The summed E-state index contributed by atoms with van der Waals surface area (Å²) in [7, 11) is 0. The number of pyridine rings is 1. The molecule has 4 aromatic rings. The van der Waals surface area contributed by atoms with Gasteiger partial charge >= 0.3 is 0 Å². The Morgan fingerprint density at radius 2 is 1.74 bits per heavy atom. The fourth-order valence-electron chi connectivity index (χ4n) is 7.25. The first-order valence-corrected chi connectivity index (χ1v) is 14.4. The van der Waals surface area contributed by atoms with E-state index in [9.17, 15) is 9.90 Å². The molecule has 4 heterocycles. The SMILES string of the molecule is O=C(NC(c1ccccn1)C1CCCC1)c1ccc2[nH]nc(-c3ccc(N4[C@@H]5CC[C@H]4CC(O)C5)cc3)c2c1. The maximum absolute atomic E-state index is 13.5. The molecule has 2 unspecified atom stereocenters. The van der Waals surface area contributed by atoms with Crippen LogP contribution in [0, 0.1) is 5.92 Å². The van der Waals surface area contributed by atoms with Crippen molar-refractivity contribution in [1.82, 2.24) is 20.5 Å². The molecule has 4 atom stereocenters. The van der Waals surface area contributed by atoms with Crippen molar-refractivity contribution in [2.45, 2.75) is 75.6 Å². The van der Waals surface area contributed by atoms with Gasteiger partial charge in [-0.15, -0.1) is 0 Å². The van der Waals surface area contributed by atoms with E-state index in [0.717, 1.165) is 66.4 Å². The summed E-state index contributed by atoms with van der Waals surface area (Å²) in [5, 5.41) is 22.2. The molecule has 39 heavy (non-hydrogen) atoms. The average molecular weight is 522 g/mol. The number of aromatic nitrogens is 3. The summed E-state index contributed by atoms with van der Waals surface area (Å²) in [6.45, 7) is 0.